The van der Waals surface area contributed by atoms with Gasteiger partial charge in [0.1, 0.15) is 18.0 Å². The van der Waals surface area contributed by atoms with E-state index >= 15 is 0 Å². The Hall–Kier alpha value is -2.66. The van der Waals surface area contributed by atoms with Crippen molar-refractivity contribution in [2.75, 3.05) is 44.0 Å². The van der Waals surface area contributed by atoms with Crippen LogP contribution in [0.2, 0.25) is 0 Å². The van der Waals surface area contributed by atoms with Crippen molar-refractivity contribution in [1.82, 2.24) is 14.9 Å². The third kappa shape index (κ3) is 3.88. The third-order valence-corrected chi connectivity index (χ3v) is 5.47. The van der Waals surface area contributed by atoms with E-state index in [-0.39, 0.29) is 0 Å². The van der Waals surface area contributed by atoms with Crippen molar-refractivity contribution in [3.05, 3.63) is 60.4 Å². The minimum atomic E-state index is 0.482. The van der Waals surface area contributed by atoms with Crippen LogP contribution in [0.5, 0.6) is 0 Å². The van der Waals surface area contributed by atoms with E-state index in [1.54, 1.807) is 6.33 Å². The summed E-state index contributed by atoms with van der Waals surface area (Å²) >= 11 is 0. The summed E-state index contributed by atoms with van der Waals surface area (Å²) in [4.78, 5) is 15.7. The molecule has 0 saturated carbocycles. The zero-order chi connectivity index (χ0) is 18.8. The maximum atomic E-state index is 4.48. The average Bonchev–Trinajstić information content (AvgIpc) is 3.16. The summed E-state index contributed by atoms with van der Waals surface area (Å²) in [6, 6.07) is 17.9. The van der Waals surface area contributed by atoms with Crippen LogP contribution in [0.1, 0.15) is 12.0 Å². The zero-order valence-corrected chi connectivity index (χ0v) is 16.3. The van der Waals surface area contributed by atoms with Crippen LogP contribution in [0.3, 0.4) is 0 Å². The molecule has 1 aromatic heterocycles. The predicted molar refractivity (Wildman–Crippen MR) is 112 cm³/mol. The van der Waals surface area contributed by atoms with E-state index in [2.05, 4.69) is 75.3 Å². The summed E-state index contributed by atoms with van der Waals surface area (Å²) in [7, 11) is 6.16. The quantitative estimate of drug-likeness (QED) is 0.696. The molecule has 4 rings (SSSR count). The van der Waals surface area contributed by atoms with Crippen molar-refractivity contribution in [3.8, 4) is 0 Å². The van der Waals surface area contributed by atoms with Crippen molar-refractivity contribution in [1.29, 1.82) is 0 Å². The molecule has 3 aromatic rings. The monoisotopic (exact) mass is 361 g/mol. The van der Waals surface area contributed by atoms with E-state index in [1.807, 2.05) is 19.0 Å². The highest BCUT2D eigenvalue weighted by Gasteiger charge is 2.26. The third-order valence-electron chi connectivity index (χ3n) is 5.47. The van der Waals surface area contributed by atoms with E-state index in [4.69, 9.17) is 0 Å². The van der Waals surface area contributed by atoms with Gasteiger partial charge < -0.3 is 9.80 Å². The van der Waals surface area contributed by atoms with Crippen molar-refractivity contribution in [2.24, 2.45) is 0 Å². The van der Waals surface area contributed by atoms with Crippen LogP contribution in [-0.4, -0.2) is 55.1 Å². The molecule has 0 N–H and O–H groups in total. The van der Waals surface area contributed by atoms with Crippen LogP contribution in [0.25, 0.3) is 10.8 Å². The molecule has 5 nitrogen and oxygen atoms in total. The number of hydrogen-bond acceptors (Lipinski definition) is 5. The van der Waals surface area contributed by atoms with E-state index in [0.29, 0.717) is 6.04 Å². The highest BCUT2D eigenvalue weighted by Crippen LogP contribution is 2.24. The van der Waals surface area contributed by atoms with Gasteiger partial charge in [-0.2, -0.15) is 0 Å². The van der Waals surface area contributed by atoms with Crippen molar-refractivity contribution < 1.29 is 0 Å². The lowest BCUT2D eigenvalue weighted by atomic mass is 10.1. The molecule has 0 spiro atoms. The molecule has 1 unspecified atom stereocenters. The molecule has 27 heavy (non-hydrogen) atoms. The van der Waals surface area contributed by atoms with Gasteiger partial charge in [-0.05, 0) is 28.8 Å². The van der Waals surface area contributed by atoms with Gasteiger partial charge in [0.05, 0.1) is 0 Å². The van der Waals surface area contributed by atoms with Crippen LogP contribution in [0.15, 0.2) is 54.9 Å². The Morgan fingerprint density at radius 2 is 1.74 bits per heavy atom. The SMILES string of the molecule is CN(C)c1cc(N(C)C2CCN(Cc3ccc4ccccc4c3)C2)ncn1. The molecule has 5 heteroatoms. The molecule has 2 heterocycles. The largest absolute Gasteiger partial charge is 0.363 e. The number of nitrogens with zero attached hydrogens (tertiary/aromatic N) is 5. The topological polar surface area (TPSA) is 35.5 Å². The number of benzene rings is 2. The van der Waals surface area contributed by atoms with Gasteiger partial charge in [-0.25, -0.2) is 9.97 Å². The second-order valence-corrected chi connectivity index (χ2v) is 7.60. The number of anilines is 2. The molecular formula is C22H27N5. The van der Waals surface area contributed by atoms with E-state index in [0.717, 1.165) is 37.7 Å². The summed E-state index contributed by atoms with van der Waals surface area (Å²) in [5.41, 5.74) is 1.38. The number of rotatable bonds is 5. The Labute approximate surface area is 161 Å². The van der Waals surface area contributed by atoms with Crippen molar-refractivity contribution >= 4 is 22.4 Å². The molecule has 0 aliphatic carbocycles. The van der Waals surface area contributed by atoms with Gasteiger partial charge in [-0.15, -0.1) is 0 Å². The number of hydrogen-bond donors (Lipinski definition) is 0. The minimum absolute atomic E-state index is 0.482. The maximum Gasteiger partial charge on any atom is 0.134 e. The standard InChI is InChI=1S/C22H27N5/c1-25(2)21-13-22(24-16-23-21)26(3)20-10-11-27(15-20)14-17-8-9-18-6-4-5-7-19(18)12-17/h4-9,12-13,16,20H,10-11,14-15H2,1-3H3. The number of fused-ring (bicyclic) bond motifs is 1. The Morgan fingerprint density at radius 1 is 0.963 bits per heavy atom. The Bertz CT molecular complexity index is 923. The molecule has 0 bridgehead atoms. The first-order valence-corrected chi connectivity index (χ1v) is 9.52. The van der Waals surface area contributed by atoms with Crippen LogP contribution < -0.4 is 9.80 Å². The lowest BCUT2D eigenvalue weighted by Gasteiger charge is -2.26. The zero-order valence-electron chi connectivity index (χ0n) is 16.3. The Kier molecular flexibility index (Phi) is 4.94. The highest BCUT2D eigenvalue weighted by molar-refractivity contribution is 5.82. The first kappa shape index (κ1) is 17.7. The van der Waals surface area contributed by atoms with Crippen molar-refractivity contribution in [2.45, 2.75) is 19.0 Å². The fraction of sp³-hybridized carbons (Fsp3) is 0.364. The summed E-state index contributed by atoms with van der Waals surface area (Å²) in [5.74, 6) is 1.93. The molecule has 0 amide bonds. The molecular weight excluding hydrogens is 334 g/mol. The summed E-state index contributed by atoms with van der Waals surface area (Å²) < 4.78 is 0. The molecule has 0 radical (unpaired) electrons. The van der Waals surface area contributed by atoms with Gasteiger partial charge in [0, 0.05) is 52.9 Å². The lowest BCUT2D eigenvalue weighted by molar-refractivity contribution is 0.326. The summed E-state index contributed by atoms with van der Waals surface area (Å²) in [5, 5.41) is 2.63. The normalized spacial score (nSPS) is 17.4. The van der Waals surface area contributed by atoms with Crippen LogP contribution in [-0.2, 0) is 6.54 Å². The number of likely N-dealkylation sites (tertiary alicyclic amines) is 1. The Morgan fingerprint density at radius 3 is 2.56 bits per heavy atom. The summed E-state index contributed by atoms with van der Waals surface area (Å²) in [6.45, 7) is 3.18. The predicted octanol–water partition coefficient (Wildman–Crippen LogP) is 3.41. The second kappa shape index (κ2) is 7.53. The highest BCUT2D eigenvalue weighted by atomic mass is 15.3. The fourth-order valence-corrected chi connectivity index (χ4v) is 3.83. The van der Waals surface area contributed by atoms with Gasteiger partial charge in [-0.3, -0.25) is 4.90 Å². The molecule has 2 aromatic carbocycles. The smallest absolute Gasteiger partial charge is 0.134 e. The molecule has 1 saturated heterocycles. The molecule has 140 valence electrons. The maximum absolute atomic E-state index is 4.48. The lowest BCUT2D eigenvalue weighted by Crippen LogP contribution is -2.35. The van der Waals surface area contributed by atoms with Crippen LogP contribution in [0.4, 0.5) is 11.6 Å². The average molecular weight is 361 g/mol. The number of aromatic nitrogens is 2. The van der Waals surface area contributed by atoms with Crippen LogP contribution in [0, 0.1) is 0 Å². The fourth-order valence-electron chi connectivity index (χ4n) is 3.83. The Balaban J connectivity index is 1.42. The first-order valence-electron chi connectivity index (χ1n) is 9.52. The van der Waals surface area contributed by atoms with Gasteiger partial charge in [0.15, 0.2) is 0 Å². The van der Waals surface area contributed by atoms with E-state index in [9.17, 15) is 0 Å². The summed E-state index contributed by atoms with van der Waals surface area (Å²) in [6.07, 6.45) is 2.81. The van der Waals surface area contributed by atoms with Gasteiger partial charge in [0.25, 0.3) is 0 Å². The molecule has 1 aliphatic rings. The molecule has 1 atom stereocenters. The van der Waals surface area contributed by atoms with Gasteiger partial charge in [-0.1, -0.05) is 36.4 Å². The first-order chi connectivity index (χ1) is 13.1. The van der Waals surface area contributed by atoms with E-state index < -0.39 is 0 Å². The number of likely N-dealkylation sites (N-methyl/N-ethyl adjacent to an activating group) is 1. The van der Waals surface area contributed by atoms with Crippen molar-refractivity contribution in [3.63, 3.8) is 0 Å². The minimum Gasteiger partial charge on any atom is -0.363 e. The molecule has 1 fully saturated rings. The van der Waals surface area contributed by atoms with Crippen LogP contribution >= 0.6 is 0 Å². The van der Waals surface area contributed by atoms with Gasteiger partial charge in [0.2, 0.25) is 0 Å². The van der Waals surface area contributed by atoms with Gasteiger partial charge >= 0.3 is 0 Å². The molecule has 1 aliphatic heterocycles. The van der Waals surface area contributed by atoms with E-state index in [1.165, 1.54) is 16.3 Å². The second-order valence-electron chi connectivity index (χ2n) is 7.60.